The average Bonchev–Trinajstić information content (AvgIpc) is 2.52. The van der Waals surface area contributed by atoms with Crippen LogP contribution in [0.2, 0.25) is 0 Å². The topological polar surface area (TPSA) is 62.1 Å². The monoisotopic (exact) mass is 358 g/mol. The minimum absolute atomic E-state index is 0.134. The minimum Gasteiger partial charge on any atom is -0.496 e. The molecule has 0 saturated heterocycles. The van der Waals surface area contributed by atoms with E-state index in [-0.39, 0.29) is 5.91 Å². The Morgan fingerprint density at radius 2 is 1.95 bits per heavy atom. The molecule has 0 fully saturated rings. The maximum Gasteiger partial charge on any atom is 0.217 e. The highest BCUT2D eigenvalue weighted by Gasteiger charge is 2.16. The van der Waals surface area contributed by atoms with Gasteiger partial charge in [0.2, 0.25) is 5.91 Å². The lowest BCUT2D eigenvalue weighted by atomic mass is 9.95. The minimum atomic E-state index is -0.134. The molecule has 2 rings (SSSR count). The van der Waals surface area contributed by atoms with Crippen LogP contribution in [0.5, 0.6) is 5.75 Å². The van der Waals surface area contributed by atoms with Crippen LogP contribution in [0.4, 0.5) is 0 Å². The number of hydrogen-bond donors (Lipinski definition) is 1. The number of benzene rings is 2. The summed E-state index contributed by atoms with van der Waals surface area (Å²) in [6.45, 7) is 1.76. The number of carbonyl (C=O) groups is 1. The molecule has 0 unspecified atom stereocenters. The first-order valence-corrected chi connectivity index (χ1v) is 7.46. The van der Waals surface area contributed by atoms with E-state index in [1.807, 2.05) is 30.3 Å². The summed E-state index contributed by atoms with van der Waals surface area (Å²) in [6, 6.07) is 13.5. The molecule has 2 aromatic rings. The van der Waals surface area contributed by atoms with Crippen molar-refractivity contribution in [2.24, 2.45) is 0 Å². The molecule has 112 valence electrons. The number of nitrogens with zero attached hydrogens (tertiary/aromatic N) is 1. The van der Waals surface area contributed by atoms with Gasteiger partial charge in [0.25, 0.3) is 0 Å². The van der Waals surface area contributed by atoms with Crippen molar-refractivity contribution < 1.29 is 9.53 Å². The van der Waals surface area contributed by atoms with Crippen molar-refractivity contribution in [2.45, 2.75) is 13.5 Å². The van der Waals surface area contributed by atoms with Gasteiger partial charge in [-0.1, -0.05) is 34.1 Å². The molecule has 0 aliphatic heterocycles. The number of ether oxygens (including phenoxy) is 1. The molecule has 0 aliphatic rings. The Kier molecular flexibility index (Phi) is 5.18. The van der Waals surface area contributed by atoms with Crippen molar-refractivity contribution in [2.75, 3.05) is 7.11 Å². The summed E-state index contributed by atoms with van der Waals surface area (Å²) in [5, 5.41) is 12.3. The molecular formula is C17H15BrN2O2. The van der Waals surface area contributed by atoms with E-state index in [0.29, 0.717) is 17.9 Å². The highest BCUT2D eigenvalue weighted by atomic mass is 79.9. The molecule has 4 nitrogen and oxygen atoms in total. The van der Waals surface area contributed by atoms with Crippen molar-refractivity contribution in [1.29, 1.82) is 5.26 Å². The van der Waals surface area contributed by atoms with Gasteiger partial charge in [-0.2, -0.15) is 5.26 Å². The zero-order valence-corrected chi connectivity index (χ0v) is 13.9. The summed E-state index contributed by atoms with van der Waals surface area (Å²) in [5.74, 6) is 0.496. The first-order chi connectivity index (χ1) is 10.6. The number of methoxy groups -OCH3 is 1. The molecule has 0 bridgehead atoms. The van der Waals surface area contributed by atoms with E-state index >= 15 is 0 Å². The zero-order chi connectivity index (χ0) is 16.1. The van der Waals surface area contributed by atoms with Crippen LogP contribution in [0.1, 0.15) is 18.1 Å². The molecule has 0 saturated carbocycles. The Morgan fingerprint density at radius 3 is 2.50 bits per heavy atom. The summed E-state index contributed by atoms with van der Waals surface area (Å²) >= 11 is 3.40. The Bertz CT molecular complexity index is 734. The van der Waals surface area contributed by atoms with E-state index in [0.717, 1.165) is 21.2 Å². The Hall–Kier alpha value is -2.32. The maximum atomic E-state index is 11.1. The van der Waals surface area contributed by atoms with Crippen LogP contribution in [-0.2, 0) is 11.3 Å². The van der Waals surface area contributed by atoms with Gasteiger partial charge in [-0.25, -0.2) is 0 Å². The largest absolute Gasteiger partial charge is 0.496 e. The number of carbonyl (C=O) groups excluding carboxylic acids is 1. The van der Waals surface area contributed by atoms with Gasteiger partial charge < -0.3 is 10.1 Å². The van der Waals surface area contributed by atoms with Crippen LogP contribution in [0.25, 0.3) is 11.1 Å². The predicted molar refractivity (Wildman–Crippen MR) is 88.4 cm³/mol. The van der Waals surface area contributed by atoms with E-state index in [4.69, 9.17) is 4.74 Å². The smallest absolute Gasteiger partial charge is 0.217 e. The average molecular weight is 359 g/mol. The van der Waals surface area contributed by atoms with Crippen LogP contribution in [0, 0.1) is 11.3 Å². The van der Waals surface area contributed by atoms with Gasteiger partial charge in [0.15, 0.2) is 0 Å². The summed E-state index contributed by atoms with van der Waals surface area (Å²) in [7, 11) is 1.58. The normalized spacial score (nSPS) is 9.91. The number of hydrogen-bond acceptors (Lipinski definition) is 3. The molecule has 0 spiro atoms. The molecule has 0 heterocycles. The van der Waals surface area contributed by atoms with Gasteiger partial charge in [0.1, 0.15) is 11.8 Å². The quantitative estimate of drug-likeness (QED) is 0.907. The van der Waals surface area contributed by atoms with Gasteiger partial charge in [-0.05, 0) is 29.3 Å². The van der Waals surface area contributed by atoms with Crippen molar-refractivity contribution >= 4 is 21.8 Å². The van der Waals surface area contributed by atoms with E-state index < -0.39 is 0 Å². The lowest BCUT2D eigenvalue weighted by Crippen LogP contribution is -2.19. The van der Waals surface area contributed by atoms with Crippen molar-refractivity contribution in [3.8, 4) is 22.9 Å². The lowest BCUT2D eigenvalue weighted by molar-refractivity contribution is -0.119. The highest BCUT2D eigenvalue weighted by molar-refractivity contribution is 9.10. The van der Waals surface area contributed by atoms with Gasteiger partial charge in [-0.15, -0.1) is 0 Å². The maximum absolute atomic E-state index is 11.1. The molecule has 1 N–H and O–H groups in total. The third-order valence-electron chi connectivity index (χ3n) is 3.25. The standard InChI is InChI=1S/C17H15BrN2O2/c1-11(21)20-10-13-5-8-16(22-2)17(15(13)9-19)12-3-6-14(18)7-4-12/h3-8H,10H2,1-2H3,(H,20,21). The number of halogens is 1. The first kappa shape index (κ1) is 16.1. The zero-order valence-electron chi connectivity index (χ0n) is 12.3. The van der Waals surface area contributed by atoms with E-state index in [2.05, 4.69) is 27.3 Å². The molecule has 0 aliphatic carbocycles. The summed E-state index contributed by atoms with van der Waals surface area (Å²) in [4.78, 5) is 11.1. The van der Waals surface area contributed by atoms with Crippen molar-refractivity contribution in [1.82, 2.24) is 5.32 Å². The Morgan fingerprint density at radius 1 is 1.27 bits per heavy atom. The van der Waals surface area contributed by atoms with Gasteiger partial charge in [0.05, 0.1) is 12.7 Å². The highest BCUT2D eigenvalue weighted by Crippen LogP contribution is 2.35. The van der Waals surface area contributed by atoms with E-state index in [1.54, 1.807) is 13.2 Å². The molecule has 22 heavy (non-hydrogen) atoms. The number of amides is 1. The fourth-order valence-corrected chi connectivity index (χ4v) is 2.46. The van der Waals surface area contributed by atoms with Crippen LogP contribution in [0.3, 0.4) is 0 Å². The van der Waals surface area contributed by atoms with Crippen LogP contribution in [-0.4, -0.2) is 13.0 Å². The molecule has 2 aromatic carbocycles. The second-order valence-corrected chi connectivity index (χ2v) is 5.62. The molecule has 0 aromatic heterocycles. The van der Waals surface area contributed by atoms with Crippen molar-refractivity contribution in [3.63, 3.8) is 0 Å². The number of nitrogens with one attached hydrogen (secondary N) is 1. The van der Waals surface area contributed by atoms with Gasteiger partial charge in [-0.3, -0.25) is 4.79 Å². The van der Waals surface area contributed by atoms with Gasteiger partial charge in [0, 0.05) is 23.5 Å². The number of rotatable bonds is 4. The molecule has 0 atom stereocenters. The second kappa shape index (κ2) is 7.10. The first-order valence-electron chi connectivity index (χ1n) is 6.67. The van der Waals surface area contributed by atoms with Crippen LogP contribution in [0.15, 0.2) is 40.9 Å². The van der Waals surface area contributed by atoms with Gasteiger partial charge >= 0.3 is 0 Å². The fraction of sp³-hybridized carbons (Fsp3) is 0.176. The fourth-order valence-electron chi connectivity index (χ4n) is 2.19. The number of nitriles is 1. The molecule has 5 heteroatoms. The Labute approximate surface area is 137 Å². The lowest BCUT2D eigenvalue weighted by Gasteiger charge is -2.14. The van der Waals surface area contributed by atoms with E-state index in [9.17, 15) is 10.1 Å². The third-order valence-corrected chi connectivity index (χ3v) is 3.77. The molecule has 1 amide bonds. The SMILES string of the molecule is COc1ccc(CNC(C)=O)c(C#N)c1-c1ccc(Br)cc1. The van der Waals surface area contributed by atoms with E-state index in [1.165, 1.54) is 6.92 Å². The summed E-state index contributed by atoms with van der Waals surface area (Å²) in [6.07, 6.45) is 0. The second-order valence-electron chi connectivity index (χ2n) is 4.71. The molecule has 0 radical (unpaired) electrons. The third kappa shape index (κ3) is 3.46. The van der Waals surface area contributed by atoms with Crippen LogP contribution >= 0.6 is 15.9 Å². The predicted octanol–water partition coefficient (Wildman–Crippen LogP) is 3.63. The summed E-state index contributed by atoms with van der Waals surface area (Å²) < 4.78 is 6.36. The van der Waals surface area contributed by atoms with Crippen LogP contribution < -0.4 is 10.1 Å². The Balaban J connectivity index is 2.58. The molecular weight excluding hydrogens is 344 g/mol. The summed E-state index contributed by atoms with van der Waals surface area (Å²) in [5.41, 5.74) is 2.90. The van der Waals surface area contributed by atoms with Crippen molar-refractivity contribution in [3.05, 3.63) is 52.0 Å².